The highest BCUT2D eigenvalue weighted by Crippen LogP contribution is 2.44. The minimum absolute atomic E-state index is 0.0709. The van der Waals surface area contributed by atoms with Gasteiger partial charge in [-0.25, -0.2) is 4.79 Å². The SMILES string of the molecule is CCC(C)(NC(=O)OCC1c2ccccc2-c2ccccc21)C(=O)N[C@H]1CCCC[C@H]1C(=O)O. The van der Waals surface area contributed by atoms with Crippen molar-refractivity contribution in [3.63, 3.8) is 0 Å². The molecule has 7 heteroatoms. The summed E-state index contributed by atoms with van der Waals surface area (Å²) in [5, 5.41) is 15.1. The van der Waals surface area contributed by atoms with Gasteiger partial charge in [0.1, 0.15) is 12.1 Å². The molecule has 2 amide bonds. The van der Waals surface area contributed by atoms with Crippen molar-refractivity contribution in [2.24, 2.45) is 5.92 Å². The number of nitrogens with one attached hydrogen (secondary N) is 2. The molecular formula is C27H32N2O5. The molecule has 7 nitrogen and oxygen atoms in total. The van der Waals surface area contributed by atoms with Crippen LogP contribution < -0.4 is 10.6 Å². The van der Waals surface area contributed by atoms with Crippen molar-refractivity contribution in [1.82, 2.24) is 10.6 Å². The van der Waals surface area contributed by atoms with Gasteiger partial charge in [-0.2, -0.15) is 0 Å². The van der Waals surface area contributed by atoms with E-state index in [-0.39, 0.29) is 18.4 Å². The van der Waals surface area contributed by atoms with Gasteiger partial charge in [-0.1, -0.05) is 68.3 Å². The van der Waals surface area contributed by atoms with Crippen LogP contribution in [0.25, 0.3) is 11.1 Å². The average Bonchev–Trinajstić information content (AvgIpc) is 3.16. The van der Waals surface area contributed by atoms with Crippen molar-refractivity contribution in [2.45, 2.75) is 63.5 Å². The van der Waals surface area contributed by atoms with Crippen molar-refractivity contribution in [3.05, 3.63) is 59.7 Å². The van der Waals surface area contributed by atoms with E-state index in [2.05, 4.69) is 22.8 Å². The number of carbonyl (C=O) groups excluding carboxylic acids is 2. The topological polar surface area (TPSA) is 105 Å². The maximum absolute atomic E-state index is 13.1. The maximum Gasteiger partial charge on any atom is 0.408 e. The van der Waals surface area contributed by atoms with Crippen molar-refractivity contribution >= 4 is 18.0 Å². The van der Waals surface area contributed by atoms with Gasteiger partial charge in [0.2, 0.25) is 5.91 Å². The molecule has 4 rings (SSSR count). The summed E-state index contributed by atoms with van der Waals surface area (Å²) in [6, 6.07) is 15.8. The highest BCUT2D eigenvalue weighted by molar-refractivity contribution is 5.90. The molecule has 0 aromatic heterocycles. The largest absolute Gasteiger partial charge is 0.481 e. The minimum Gasteiger partial charge on any atom is -0.481 e. The molecular weight excluding hydrogens is 432 g/mol. The second-order valence-corrected chi connectivity index (χ2v) is 9.45. The van der Waals surface area contributed by atoms with E-state index in [1.807, 2.05) is 36.4 Å². The molecule has 3 atom stereocenters. The predicted molar refractivity (Wildman–Crippen MR) is 128 cm³/mol. The summed E-state index contributed by atoms with van der Waals surface area (Å²) in [6.45, 7) is 3.60. The number of carboxylic acids is 1. The lowest BCUT2D eigenvalue weighted by Crippen LogP contribution is -2.60. The van der Waals surface area contributed by atoms with E-state index >= 15 is 0 Å². The number of benzene rings is 2. The van der Waals surface area contributed by atoms with E-state index in [1.165, 1.54) is 0 Å². The van der Waals surface area contributed by atoms with Crippen LogP contribution in [0.2, 0.25) is 0 Å². The third kappa shape index (κ3) is 4.65. The smallest absolute Gasteiger partial charge is 0.408 e. The number of fused-ring (bicyclic) bond motifs is 3. The van der Waals surface area contributed by atoms with Gasteiger partial charge in [0.05, 0.1) is 5.92 Å². The Kier molecular flexibility index (Phi) is 6.91. The quantitative estimate of drug-likeness (QED) is 0.561. The standard InChI is InChI=1S/C27H32N2O5/c1-3-27(2,25(32)28-23-15-9-8-14-21(23)24(30)31)29-26(33)34-16-22-19-12-6-4-10-17(19)18-11-5-7-13-20(18)22/h4-7,10-13,21-23H,3,8-9,14-16H2,1-2H3,(H,28,32)(H,29,33)(H,30,31)/t21-,23+,27?/m1/s1. The Morgan fingerprint density at radius 3 is 2.18 bits per heavy atom. The van der Waals surface area contributed by atoms with Gasteiger partial charge in [-0.05, 0) is 48.4 Å². The van der Waals surface area contributed by atoms with Crippen molar-refractivity contribution < 1.29 is 24.2 Å². The number of hydrogen-bond acceptors (Lipinski definition) is 4. The summed E-state index contributed by atoms with van der Waals surface area (Å²) in [4.78, 5) is 37.4. The zero-order valence-electron chi connectivity index (χ0n) is 19.7. The zero-order valence-corrected chi connectivity index (χ0v) is 19.7. The lowest BCUT2D eigenvalue weighted by atomic mass is 9.84. The molecule has 3 N–H and O–H groups in total. The molecule has 1 unspecified atom stereocenters. The molecule has 0 heterocycles. The number of carbonyl (C=O) groups is 3. The summed E-state index contributed by atoms with van der Waals surface area (Å²) in [5.74, 6) is -1.96. The summed E-state index contributed by atoms with van der Waals surface area (Å²) in [6.07, 6.45) is 2.55. The summed E-state index contributed by atoms with van der Waals surface area (Å²) in [5.41, 5.74) is 3.31. The van der Waals surface area contributed by atoms with Crippen molar-refractivity contribution in [2.75, 3.05) is 6.61 Å². The minimum atomic E-state index is -1.21. The first-order chi connectivity index (χ1) is 16.3. The molecule has 0 aliphatic heterocycles. The molecule has 2 aliphatic rings. The van der Waals surface area contributed by atoms with E-state index in [0.717, 1.165) is 35.1 Å². The van der Waals surface area contributed by atoms with Crippen molar-refractivity contribution in [3.8, 4) is 11.1 Å². The van der Waals surface area contributed by atoms with Gasteiger partial charge in [-0.3, -0.25) is 9.59 Å². The van der Waals surface area contributed by atoms with Crippen LogP contribution in [0.5, 0.6) is 0 Å². The normalized spacial score (nSPS) is 21.0. The Hall–Kier alpha value is -3.35. The molecule has 0 spiro atoms. The highest BCUT2D eigenvalue weighted by atomic mass is 16.5. The summed E-state index contributed by atoms with van der Waals surface area (Å²) >= 11 is 0. The van der Waals surface area contributed by atoms with Gasteiger partial charge in [0.25, 0.3) is 0 Å². The highest BCUT2D eigenvalue weighted by Gasteiger charge is 2.39. The van der Waals surface area contributed by atoms with Gasteiger partial charge in [-0.15, -0.1) is 0 Å². The van der Waals surface area contributed by atoms with E-state index < -0.39 is 29.6 Å². The molecule has 1 fully saturated rings. The molecule has 2 aromatic carbocycles. The number of alkyl carbamates (subject to hydrolysis) is 1. The van der Waals surface area contributed by atoms with E-state index in [0.29, 0.717) is 19.3 Å². The second kappa shape index (κ2) is 9.87. The molecule has 180 valence electrons. The molecule has 0 bridgehead atoms. The first kappa shape index (κ1) is 23.8. The Bertz CT molecular complexity index is 1040. The summed E-state index contributed by atoms with van der Waals surface area (Å²) in [7, 11) is 0. The Balaban J connectivity index is 1.40. The third-order valence-corrected chi connectivity index (χ3v) is 7.33. The average molecular weight is 465 g/mol. The van der Waals surface area contributed by atoms with E-state index in [9.17, 15) is 19.5 Å². The molecule has 2 aliphatic carbocycles. The lowest BCUT2D eigenvalue weighted by Gasteiger charge is -2.34. The van der Waals surface area contributed by atoms with Crippen LogP contribution in [0.3, 0.4) is 0 Å². The fourth-order valence-corrected chi connectivity index (χ4v) is 5.09. The number of hydrogen-bond donors (Lipinski definition) is 3. The lowest BCUT2D eigenvalue weighted by molar-refractivity contribution is -0.144. The Morgan fingerprint density at radius 1 is 1.00 bits per heavy atom. The molecule has 0 saturated heterocycles. The second-order valence-electron chi connectivity index (χ2n) is 9.45. The van der Waals surface area contributed by atoms with Gasteiger partial charge in [0, 0.05) is 12.0 Å². The van der Waals surface area contributed by atoms with Gasteiger partial charge >= 0.3 is 12.1 Å². The van der Waals surface area contributed by atoms with E-state index in [1.54, 1.807) is 13.8 Å². The van der Waals surface area contributed by atoms with Crippen molar-refractivity contribution in [1.29, 1.82) is 0 Å². The number of aliphatic carboxylic acids is 1. The van der Waals surface area contributed by atoms with Crippen LogP contribution in [0.1, 0.15) is 63.0 Å². The van der Waals surface area contributed by atoms with Crippen LogP contribution in [0.4, 0.5) is 4.79 Å². The number of ether oxygens (including phenoxy) is 1. The maximum atomic E-state index is 13.1. The molecule has 2 aromatic rings. The van der Waals surface area contributed by atoms with Crippen LogP contribution in [-0.2, 0) is 14.3 Å². The van der Waals surface area contributed by atoms with Gasteiger partial charge < -0.3 is 20.5 Å². The number of amides is 2. The number of rotatable bonds is 7. The molecule has 34 heavy (non-hydrogen) atoms. The monoisotopic (exact) mass is 464 g/mol. The summed E-state index contributed by atoms with van der Waals surface area (Å²) < 4.78 is 5.61. The fraction of sp³-hybridized carbons (Fsp3) is 0.444. The van der Waals surface area contributed by atoms with Gasteiger partial charge in [0.15, 0.2) is 0 Å². The van der Waals surface area contributed by atoms with Crippen LogP contribution in [-0.4, -0.2) is 41.3 Å². The zero-order chi connectivity index (χ0) is 24.3. The Labute approximate surface area is 199 Å². The molecule has 0 radical (unpaired) electrons. The fourth-order valence-electron chi connectivity index (χ4n) is 5.09. The van der Waals surface area contributed by atoms with Crippen LogP contribution in [0.15, 0.2) is 48.5 Å². The van der Waals surface area contributed by atoms with Crippen LogP contribution >= 0.6 is 0 Å². The predicted octanol–water partition coefficient (Wildman–Crippen LogP) is 4.45. The Morgan fingerprint density at radius 2 is 1.59 bits per heavy atom. The first-order valence-electron chi connectivity index (χ1n) is 12.0. The van der Waals surface area contributed by atoms with Crippen LogP contribution in [0, 0.1) is 5.92 Å². The molecule has 1 saturated carbocycles. The van der Waals surface area contributed by atoms with E-state index in [4.69, 9.17) is 4.74 Å². The first-order valence-corrected chi connectivity index (χ1v) is 12.0. The third-order valence-electron chi connectivity index (χ3n) is 7.33. The number of carboxylic acid groups (broad SMARTS) is 1.